The standard InChI is InChI=1S/C19H22F2N2O2/c1-2-4-17(24)23-10-8-19(13-23)7-3-9-22(18(19)25)12-14-5-6-15(20)16(21)11-14/h2,5-6,11H,1,3-4,7-10,12-13H2/t19-/m1/s1. The highest BCUT2D eigenvalue weighted by Gasteiger charge is 2.49. The van der Waals surface area contributed by atoms with Crippen LogP contribution in [0.5, 0.6) is 0 Å². The number of benzene rings is 1. The molecule has 1 spiro atoms. The molecular formula is C19H22F2N2O2. The van der Waals surface area contributed by atoms with Crippen LogP contribution >= 0.6 is 0 Å². The van der Waals surface area contributed by atoms with Crippen molar-refractivity contribution >= 4 is 11.8 Å². The molecule has 1 atom stereocenters. The van der Waals surface area contributed by atoms with E-state index in [0.29, 0.717) is 31.6 Å². The molecule has 0 radical (unpaired) electrons. The van der Waals surface area contributed by atoms with E-state index in [4.69, 9.17) is 0 Å². The number of piperidine rings is 1. The Hall–Kier alpha value is -2.24. The van der Waals surface area contributed by atoms with Crippen LogP contribution in [0.2, 0.25) is 0 Å². The number of carbonyl (C=O) groups excluding carboxylic acids is 2. The third-order valence-electron chi connectivity index (χ3n) is 5.21. The van der Waals surface area contributed by atoms with Gasteiger partial charge in [0.25, 0.3) is 0 Å². The van der Waals surface area contributed by atoms with Crippen molar-refractivity contribution in [2.75, 3.05) is 19.6 Å². The number of nitrogens with zero attached hydrogens (tertiary/aromatic N) is 2. The van der Waals surface area contributed by atoms with Gasteiger partial charge in [0.1, 0.15) is 0 Å². The fourth-order valence-electron chi connectivity index (χ4n) is 3.88. The van der Waals surface area contributed by atoms with Crippen molar-refractivity contribution in [3.8, 4) is 0 Å². The second-order valence-corrected chi connectivity index (χ2v) is 6.92. The van der Waals surface area contributed by atoms with Gasteiger partial charge in [-0.3, -0.25) is 9.59 Å². The molecule has 0 unspecified atom stereocenters. The number of rotatable bonds is 4. The summed E-state index contributed by atoms with van der Waals surface area (Å²) in [4.78, 5) is 28.5. The van der Waals surface area contributed by atoms with Gasteiger partial charge >= 0.3 is 0 Å². The first-order valence-corrected chi connectivity index (χ1v) is 8.57. The summed E-state index contributed by atoms with van der Waals surface area (Å²) in [5.74, 6) is -1.79. The smallest absolute Gasteiger partial charge is 0.230 e. The van der Waals surface area contributed by atoms with Gasteiger partial charge in [0.15, 0.2) is 11.6 Å². The molecule has 0 saturated carbocycles. The van der Waals surface area contributed by atoms with Gasteiger partial charge in [0, 0.05) is 32.6 Å². The lowest BCUT2D eigenvalue weighted by molar-refractivity contribution is -0.146. The molecule has 0 bridgehead atoms. The first-order chi connectivity index (χ1) is 11.9. The fraction of sp³-hybridized carbons (Fsp3) is 0.474. The second-order valence-electron chi connectivity index (χ2n) is 6.92. The molecule has 134 valence electrons. The third-order valence-corrected chi connectivity index (χ3v) is 5.21. The lowest BCUT2D eigenvalue weighted by atomic mass is 9.78. The lowest BCUT2D eigenvalue weighted by Crippen LogP contribution is -2.50. The summed E-state index contributed by atoms with van der Waals surface area (Å²) in [7, 11) is 0. The first kappa shape index (κ1) is 17.6. The monoisotopic (exact) mass is 348 g/mol. The molecule has 25 heavy (non-hydrogen) atoms. The minimum absolute atomic E-state index is 0.00240. The Kier molecular flexibility index (Phi) is 4.88. The summed E-state index contributed by atoms with van der Waals surface area (Å²) < 4.78 is 26.5. The van der Waals surface area contributed by atoms with Gasteiger partial charge in [-0.25, -0.2) is 8.78 Å². The van der Waals surface area contributed by atoms with E-state index in [2.05, 4.69) is 6.58 Å². The topological polar surface area (TPSA) is 40.6 Å². The van der Waals surface area contributed by atoms with Gasteiger partial charge in [-0.05, 0) is 37.0 Å². The third kappa shape index (κ3) is 3.43. The van der Waals surface area contributed by atoms with Crippen LogP contribution in [0.4, 0.5) is 8.78 Å². The summed E-state index contributed by atoms with van der Waals surface area (Å²) in [6, 6.07) is 3.72. The highest BCUT2D eigenvalue weighted by Crippen LogP contribution is 2.40. The van der Waals surface area contributed by atoms with Crippen LogP contribution in [-0.2, 0) is 16.1 Å². The Morgan fingerprint density at radius 1 is 1.24 bits per heavy atom. The van der Waals surface area contributed by atoms with Crippen molar-refractivity contribution in [1.29, 1.82) is 0 Å². The van der Waals surface area contributed by atoms with E-state index < -0.39 is 17.0 Å². The minimum atomic E-state index is -0.904. The zero-order valence-electron chi connectivity index (χ0n) is 14.1. The highest BCUT2D eigenvalue weighted by molar-refractivity contribution is 5.86. The molecule has 2 amide bonds. The molecule has 4 nitrogen and oxygen atoms in total. The Labute approximate surface area is 146 Å². The quantitative estimate of drug-likeness (QED) is 0.785. The summed E-state index contributed by atoms with van der Waals surface area (Å²) in [5, 5.41) is 0. The van der Waals surface area contributed by atoms with Gasteiger partial charge in [-0.1, -0.05) is 12.1 Å². The molecule has 1 aromatic carbocycles. The van der Waals surface area contributed by atoms with Crippen LogP contribution in [0.25, 0.3) is 0 Å². The van der Waals surface area contributed by atoms with Crippen molar-refractivity contribution in [1.82, 2.24) is 9.80 Å². The maximum Gasteiger partial charge on any atom is 0.230 e. The Morgan fingerprint density at radius 2 is 2.04 bits per heavy atom. The lowest BCUT2D eigenvalue weighted by Gasteiger charge is -2.39. The van der Waals surface area contributed by atoms with E-state index in [1.54, 1.807) is 15.9 Å². The van der Waals surface area contributed by atoms with Gasteiger partial charge in [0.2, 0.25) is 11.8 Å². The first-order valence-electron chi connectivity index (χ1n) is 8.57. The van der Waals surface area contributed by atoms with Gasteiger partial charge in [0.05, 0.1) is 5.41 Å². The van der Waals surface area contributed by atoms with E-state index in [1.807, 2.05) is 0 Å². The molecule has 3 rings (SSSR count). The maximum atomic E-state index is 13.4. The van der Waals surface area contributed by atoms with Gasteiger partial charge in [-0.15, -0.1) is 6.58 Å². The molecule has 0 N–H and O–H groups in total. The number of halogens is 2. The minimum Gasteiger partial charge on any atom is -0.341 e. The number of carbonyl (C=O) groups is 2. The van der Waals surface area contributed by atoms with Gasteiger partial charge < -0.3 is 9.80 Å². The van der Waals surface area contributed by atoms with Crippen molar-refractivity contribution < 1.29 is 18.4 Å². The van der Waals surface area contributed by atoms with Crippen LogP contribution in [0, 0.1) is 17.0 Å². The fourth-order valence-corrected chi connectivity index (χ4v) is 3.88. The average Bonchev–Trinajstić information content (AvgIpc) is 3.01. The van der Waals surface area contributed by atoms with E-state index in [-0.39, 0.29) is 24.8 Å². The summed E-state index contributed by atoms with van der Waals surface area (Å²) in [5.41, 5.74) is 0.0371. The van der Waals surface area contributed by atoms with Crippen molar-refractivity contribution in [2.45, 2.75) is 32.2 Å². The largest absolute Gasteiger partial charge is 0.341 e. The molecule has 0 aliphatic carbocycles. The number of likely N-dealkylation sites (tertiary alicyclic amines) is 2. The van der Waals surface area contributed by atoms with E-state index in [1.165, 1.54) is 6.07 Å². The molecule has 2 fully saturated rings. The maximum absolute atomic E-state index is 13.4. The normalized spacial score (nSPS) is 23.4. The average molecular weight is 348 g/mol. The predicted octanol–water partition coefficient (Wildman–Crippen LogP) is 2.88. The predicted molar refractivity (Wildman–Crippen MR) is 89.5 cm³/mol. The van der Waals surface area contributed by atoms with Crippen molar-refractivity contribution in [3.63, 3.8) is 0 Å². The summed E-state index contributed by atoms with van der Waals surface area (Å²) in [6.45, 7) is 5.46. The number of amides is 2. The molecule has 1 aromatic rings. The van der Waals surface area contributed by atoms with Crippen molar-refractivity contribution in [2.24, 2.45) is 5.41 Å². The molecule has 2 heterocycles. The van der Waals surface area contributed by atoms with Crippen LogP contribution in [0.3, 0.4) is 0 Å². The van der Waals surface area contributed by atoms with Crippen LogP contribution in [0.15, 0.2) is 30.9 Å². The molecule has 2 saturated heterocycles. The van der Waals surface area contributed by atoms with E-state index >= 15 is 0 Å². The van der Waals surface area contributed by atoms with Crippen LogP contribution < -0.4 is 0 Å². The number of hydrogen-bond acceptors (Lipinski definition) is 2. The zero-order chi connectivity index (χ0) is 18.0. The SMILES string of the molecule is C=CCC(=O)N1CC[C@]2(CCCN(Cc3ccc(F)c(F)c3)C2=O)C1. The highest BCUT2D eigenvalue weighted by atomic mass is 19.2. The second kappa shape index (κ2) is 6.94. The molecule has 6 heteroatoms. The van der Waals surface area contributed by atoms with E-state index in [0.717, 1.165) is 25.0 Å². The molecular weight excluding hydrogens is 326 g/mol. The van der Waals surface area contributed by atoms with Gasteiger partial charge in [-0.2, -0.15) is 0 Å². The Bertz CT molecular complexity index is 707. The van der Waals surface area contributed by atoms with Crippen LogP contribution in [-0.4, -0.2) is 41.2 Å². The molecule has 2 aliphatic heterocycles. The van der Waals surface area contributed by atoms with E-state index in [9.17, 15) is 18.4 Å². The molecule has 0 aromatic heterocycles. The summed E-state index contributed by atoms with van der Waals surface area (Å²) in [6.07, 6.45) is 4.12. The Morgan fingerprint density at radius 3 is 2.76 bits per heavy atom. The number of hydrogen-bond donors (Lipinski definition) is 0. The van der Waals surface area contributed by atoms with Crippen LogP contribution in [0.1, 0.15) is 31.2 Å². The Balaban J connectivity index is 1.72. The zero-order valence-corrected chi connectivity index (χ0v) is 14.1. The summed E-state index contributed by atoms with van der Waals surface area (Å²) >= 11 is 0. The van der Waals surface area contributed by atoms with Crippen molar-refractivity contribution in [3.05, 3.63) is 48.1 Å². The molecule has 2 aliphatic rings.